The van der Waals surface area contributed by atoms with Crippen LogP contribution in [0.25, 0.3) is 0 Å². The van der Waals surface area contributed by atoms with Crippen LogP contribution in [-0.2, 0) is 16.1 Å². The molecule has 2 saturated heterocycles. The maximum atomic E-state index is 12.5. The van der Waals surface area contributed by atoms with Gasteiger partial charge in [-0.15, -0.1) is 24.0 Å². The van der Waals surface area contributed by atoms with Gasteiger partial charge in [0.1, 0.15) is 6.10 Å². The summed E-state index contributed by atoms with van der Waals surface area (Å²) in [4.78, 5) is 21.0. The van der Waals surface area contributed by atoms with Crippen molar-refractivity contribution in [2.24, 2.45) is 4.99 Å². The van der Waals surface area contributed by atoms with Crippen LogP contribution in [0.5, 0.6) is 0 Å². The summed E-state index contributed by atoms with van der Waals surface area (Å²) in [6.07, 6.45) is 1.63. The second-order valence-electron chi connectivity index (χ2n) is 7.14. The molecule has 0 bridgehead atoms. The number of ether oxygens (including phenoxy) is 1. The number of nitrogens with zero attached hydrogens (tertiary/aromatic N) is 3. The Morgan fingerprint density at radius 2 is 1.93 bits per heavy atom. The Hall–Kier alpha value is -1.35. The first kappa shape index (κ1) is 21.9. The van der Waals surface area contributed by atoms with E-state index in [-0.39, 0.29) is 36.0 Å². The molecule has 1 N–H and O–H groups in total. The van der Waals surface area contributed by atoms with E-state index in [1.54, 1.807) is 0 Å². The van der Waals surface area contributed by atoms with E-state index in [2.05, 4.69) is 47.3 Å². The first-order valence-electron chi connectivity index (χ1n) is 9.50. The Bertz CT molecular complexity index is 666. The predicted molar refractivity (Wildman–Crippen MR) is 119 cm³/mol. The minimum atomic E-state index is -0.219. The van der Waals surface area contributed by atoms with Crippen molar-refractivity contribution in [2.75, 3.05) is 39.8 Å². The average Bonchev–Trinajstić information content (AvgIpc) is 3.18. The highest BCUT2D eigenvalue weighted by molar-refractivity contribution is 14.0. The molecule has 1 aromatic rings. The van der Waals surface area contributed by atoms with Gasteiger partial charge in [-0.05, 0) is 37.8 Å². The van der Waals surface area contributed by atoms with Crippen molar-refractivity contribution < 1.29 is 9.53 Å². The molecule has 6 nitrogen and oxygen atoms in total. The molecule has 3 rings (SSSR count). The molecule has 1 aromatic carbocycles. The van der Waals surface area contributed by atoms with Crippen LogP contribution in [0.15, 0.2) is 23.2 Å². The number of nitrogens with one attached hydrogen (secondary N) is 1. The molecule has 0 aromatic heterocycles. The Balaban J connectivity index is 0.00000261. The quantitative estimate of drug-likeness (QED) is 0.405. The van der Waals surface area contributed by atoms with E-state index in [1.165, 1.54) is 16.7 Å². The van der Waals surface area contributed by atoms with E-state index in [0.717, 1.165) is 51.5 Å². The zero-order chi connectivity index (χ0) is 18.5. The van der Waals surface area contributed by atoms with Gasteiger partial charge < -0.3 is 19.9 Å². The highest BCUT2D eigenvalue weighted by Crippen LogP contribution is 2.16. The van der Waals surface area contributed by atoms with E-state index < -0.39 is 0 Å². The molecule has 0 spiro atoms. The number of aryl methyl sites for hydroxylation is 2. The number of aliphatic imine (C=N–C) groups is 1. The second-order valence-corrected chi connectivity index (χ2v) is 7.14. The fourth-order valence-corrected chi connectivity index (χ4v) is 3.67. The predicted octanol–water partition coefficient (Wildman–Crippen LogP) is 2.32. The smallest absolute Gasteiger partial charge is 0.251 e. The van der Waals surface area contributed by atoms with Crippen molar-refractivity contribution >= 4 is 35.8 Å². The molecule has 2 aliphatic rings. The molecule has 2 fully saturated rings. The van der Waals surface area contributed by atoms with E-state index in [1.807, 2.05) is 11.9 Å². The van der Waals surface area contributed by atoms with Crippen LogP contribution in [0, 0.1) is 13.8 Å². The van der Waals surface area contributed by atoms with Crippen LogP contribution in [-0.4, -0.2) is 67.6 Å². The zero-order valence-corrected chi connectivity index (χ0v) is 18.9. The molecule has 2 heterocycles. The third-order valence-electron chi connectivity index (χ3n) is 5.24. The lowest BCUT2D eigenvalue weighted by molar-refractivity contribution is -0.142. The van der Waals surface area contributed by atoms with Crippen molar-refractivity contribution in [2.45, 2.75) is 39.3 Å². The monoisotopic (exact) mass is 486 g/mol. The summed E-state index contributed by atoms with van der Waals surface area (Å²) in [5.41, 5.74) is 3.85. The van der Waals surface area contributed by atoms with E-state index >= 15 is 0 Å². The van der Waals surface area contributed by atoms with Gasteiger partial charge in [0.15, 0.2) is 5.96 Å². The fraction of sp³-hybridized carbons (Fsp3) is 0.600. The number of amides is 1. The van der Waals surface area contributed by atoms with Crippen molar-refractivity contribution in [3.05, 3.63) is 34.9 Å². The van der Waals surface area contributed by atoms with Gasteiger partial charge >= 0.3 is 0 Å². The number of hydrogen-bond acceptors (Lipinski definition) is 3. The average molecular weight is 486 g/mol. The molecule has 0 saturated carbocycles. The Morgan fingerprint density at radius 3 is 2.52 bits per heavy atom. The summed E-state index contributed by atoms with van der Waals surface area (Å²) in [5, 5.41) is 3.46. The lowest BCUT2D eigenvalue weighted by Gasteiger charge is -2.37. The molecule has 7 heteroatoms. The van der Waals surface area contributed by atoms with Crippen molar-refractivity contribution in [1.82, 2.24) is 15.1 Å². The summed E-state index contributed by atoms with van der Waals surface area (Å²) >= 11 is 0. The maximum Gasteiger partial charge on any atom is 0.251 e. The van der Waals surface area contributed by atoms with Gasteiger partial charge in [0.2, 0.25) is 0 Å². The highest BCUT2D eigenvalue weighted by Gasteiger charge is 2.30. The molecule has 150 valence electrons. The third-order valence-corrected chi connectivity index (χ3v) is 5.24. The second kappa shape index (κ2) is 10.3. The van der Waals surface area contributed by atoms with Crippen molar-refractivity contribution in [1.29, 1.82) is 0 Å². The summed E-state index contributed by atoms with van der Waals surface area (Å²) in [5.74, 6) is 1.05. The summed E-state index contributed by atoms with van der Waals surface area (Å²) in [6.45, 7) is 8.77. The normalized spacial score (nSPS) is 20.4. The molecule has 1 amide bonds. The van der Waals surface area contributed by atoms with E-state index in [9.17, 15) is 4.79 Å². The van der Waals surface area contributed by atoms with Gasteiger partial charge in [-0.25, -0.2) is 0 Å². The molecule has 1 atom stereocenters. The molecular formula is C20H31IN4O2. The topological polar surface area (TPSA) is 57.2 Å². The maximum absolute atomic E-state index is 12.5. The van der Waals surface area contributed by atoms with Gasteiger partial charge in [-0.3, -0.25) is 9.79 Å². The summed E-state index contributed by atoms with van der Waals surface area (Å²) in [6, 6.07) is 6.51. The van der Waals surface area contributed by atoms with E-state index in [0.29, 0.717) is 6.61 Å². The first-order valence-corrected chi connectivity index (χ1v) is 9.50. The number of halogens is 1. The van der Waals surface area contributed by atoms with Gasteiger partial charge in [0, 0.05) is 46.4 Å². The standard InChI is InChI=1S/C20H30N4O2.HI/c1-15-6-7-17(16(2)13-15)14-22-20(21-3)24-10-8-23(9-11-24)19(25)18-5-4-12-26-18;/h6-7,13,18H,4-5,8-12,14H2,1-3H3,(H,21,22);1H. The largest absolute Gasteiger partial charge is 0.368 e. The molecular weight excluding hydrogens is 455 g/mol. The third kappa shape index (κ3) is 5.57. The number of rotatable bonds is 3. The van der Waals surface area contributed by atoms with Gasteiger partial charge in [-0.2, -0.15) is 0 Å². The number of carbonyl (C=O) groups excluding carboxylic acids is 1. The first-order chi connectivity index (χ1) is 12.6. The Kier molecular flexibility index (Phi) is 8.34. The fourth-order valence-electron chi connectivity index (χ4n) is 3.67. The SMILES string of the molecule is CN=C(NCc1ccc(C)cc1C)N1CCN(C(=O)C2CCCO2)CC1.I. The van der Waals surface area contributed by atoms with Crippen LogP contribution < -0.4 is 5.32 Å². The van der Waals surface area contributed by atoms with E-state index in [4.69, 9.17) is 4.74 Å². The zero-order valence-electron chi connectivity index (χ0n) is 16.5. The van der Waals surface area contributed by atoms with Crippen LogP contribution in [0.2, 0.25) is 0 Å². The molecule has 1 unspecified atom stereocenters. The lowest BCUT2D eigenvalue weighted by atomic mass is 10.1. The molecule has 0 aliphatic carbocycles. The van der Waals surface area contributed by atoms with Crippen molar-refractivity contribution in [3.8, 4) is 0 Å². The lowest BCUT2D eigenvalue weighted by Crippen LogP contribution is -2.55. The van der Waals surface area contributed by atoms with Gasteiger partial charge in [0.25, 0.3) is 5.91 Å². The Labute approximate surface area is 179 Å². The number of guanidine groups is 1. The van der Waals surface area contributed by atoms with Crippen LogP contribution in [0.3, 0.4) is 0 Å². The number of benzene rings is 1. The minimum Gasteiger partial charge on any atom is -0.368 e. The summed E-state index contributed by atoms with van der Waals surface area (Å²) in [7, 11) is 1.81. The van der Waals surface area contributed by atoms with Gasteiger partial charge in [0.05, 0.1) is 0 Å². The molecule has 27 heavy (non-hydrogen) atoms. The van der Waals surface area contributed by atoms with Crippen LogP contribution in [0.1, 0.15) is 29.5 Å². The minimum absolute atomic E-state index is 0. The van der Waals surface area contributed by atoms with Crippen LogP contribution >= 0.6 is 24.0 Å². The Morgan fingerprint density at radius 1 is 1.22 bits per heavy atom. The van der Waals surface area contributed by atoms with Crippen molar-refractivity contribution in [3.63, 3.8) is 0 Å². The number of piperazine rings is 1. The van der Waals surface area contributed by atoms with Gasteiger partial charge in [-0.1, -0.05) is 23.8 Å². The summed E-state index contributed by atoms with van der Waals surface area (Å²) < 4.78 is 5.53. The van der Waals surface area contributed by atoms with Crippen LogP contribution in [0.4, 0.5) is 0 Å². The molecule has 2 aliphatic heterocycles. The highest BCUT2D eigenvalue weighted by atomic mass is 127. The number of hydrogen-bond donors (Lipinski definition) is 1. The molecule has 0 radical (unpaired) electrons. The number of carbonyl (C=O) groups is 1.